The van der Waals surface area contributed by atoms with Crippen molar-refractivity contribution in [3.05, 3.63) is 72.0 Å². The largest absolute Gasteiger partial charge is 0.478 e. The minimum atomic E-state index is -5.03. The molecule has 0 aliphatic carbocycles. The molecule has 1 aromatic carbocycles. The molecule has 0 aliphatic heterocycles. The fourth-order valence-electron chi connectivity index (χ4n) is 2.84. The Morgan fingerprint density at radius 1 is 1.26 bits per heavy atom. The summed E-state index contributed by atoms with van der Waals surface area (Å²) < 4.78 is 76.3. The van der Waals surface area contributed by atoms with E-state index in [0.717, 1.165) is 25.3 Å². The van der Waals surface area contributed by atoms with E-state index in [4.69, 9.17) is 9.84 Å². The van der Waals surface area contributed by atoms with Crippen LogP contribution < -0.4 is 14.8 Å². The molecule has 0 spiro atoms. The number of aryl methyl sites for hydroxylation is 1. The summed E-state index contributed by atoms with van der Waals surface area (Å²) in [5.41, 5.74) is -2.18. The van der Waals surface area contributed by atoms with Crippen LogP contribution in [0.3, 0.4) is 0 Å². The fraction of sp³-hybridized carbons (Fsp3) is 0.227. The number of carbonyl (C=O) groups is 2. The third-order valence-electron chi connectivity index (χ3n) is 4.35. The van der Waals surface area contributed by atoms with Crippen molar-refractivity contribution in [1.82, 2.24) is 15.1 Å². The molecular formula is C22H20F5N3O5. The molecule has 0 bridgehead atoms. The summed E-state index contributed by atoms with van der Waals surface area (Å²) >= 11 is 0. The number of ether oxygens (including phenoxy) is 2. The molecule has 13 heteroatoms. The summed E-state index contributed by atoms with van der Waals surface area (Å²) in [6.07, 6.45) is -0.449. The molecule has 0 saturated heterocycles. The van der Waals surface area contributed by atoms with Crippen LogP contribution >= 0.6 is 0 Å². The predicted octanol–water partition coefficient (Wildman–Crippen LogP) is 4.70. The van der Waals surface area contributed by atoms with E-state index in [0.29, 0.717) is 10.3 Å². The SMILES string of the molecule is C=C/C(=C\C=C\C(=O)O)C(C)NC(=O)c1c(C(F)(F)F)nn(C)c1Oc1cccc(OC(F)F)c1. The summed E-state index contributed by atoms with van der Waals surface area (Å²) in [7, 11) is 1.11. The van der Waals surface area contributed by atoms with Gasteiger partial charge in [-0.05, 0) is 24.6 Å². The number of carboxylic acid groups (broad SMARTS) is 1. The summed E-state index contributed by atoms with van der Waals surface area (Å²) in [5.74, 6) is -3.54. The van der Waals surface area contributed by atoms with Gasteiger partial charge in [0, 0.05) is 19.2 Å². The summed E-state index contributed by atoms with van der Waals surface area (Å²) in [6.45, 7) is 1.84. The van der Waals surface area contributed by atoms with Crippen LogP contribution in [0.1, 0.15) is 23.0 Å². The number of carbonyl (C=O) groups excluding carboxylic acids is 1. The number of rotatable bonds is 10. The van der Waals surface area contributed by atoms with Crippen LogP contribution in [0.25, 0.3) is 0 Å². The molecule has 188 valence electrons. The lowest BCUT2D eigenvalue weighted by atomic mass is 10.1. The highest BCUT2D eigenvalue weighted by Crippen LogP contribution is 2.37. The van der Waals surface area contributed by atoms with Crippen molar-refractivity contribution >= 4 is 11.9 Å². The molecule has 1 unspecified atom stereocenters. The van der Waals surface area contributed by atoms with Gasteiger partial charge in [-0.3, -0.25) is 4.79 Å². The topological polar surface area (TPSA) is 103 Å². The maximum Gasteiger partial charge on any atom is 0.436 e. The number of halogens is 5. The number of carboxylic acids is 1. The average Bonchev–Trinajstić information content (AvgIpc) is 3.07. The van der Waals surface area contributed by atoms with Crippen molar-refractivity contribution in [2.45, 2.75) is 25.8 Å². The van der Waals surface area contributed by atoms with Crippen molar-refractivity contribution in [3.63, 3.8) is 0 Å². The first kappa shape index (κ1) is 27.1. The summed E-state index contributed by atoms with van der Waals surface area (Å²) in [4.78, 5) is 23.5. The van der Waals surface area contributed by atoms with Gasteiger partial charge in [-0.15, -0.1) is 0 Å². The number of aromatic nitrogens is 2. The second kappa shape index (κ2) is 11.3. The van der Waals surface area contributed by atoms with Crippen LogP contribution in [0.2, 0.25) is 0 Å². The zero-order valence-corrected chi connectivity index (χ0v) is 18.3. The minimum Gasteiger partial charge on any atom is -0.478 e. The van der Waals surface area contributed by atoms with E-state index >= 15 is 0 Å². The van der Waals surface area contributed by atoms with Crippen LogP contribution in [-0.4, -0.2) is 39.4 Å². The second-order valence-corrected chi connectivity index (χ2v) is 6.87. The van der Waals surface area contributed by atoms with E-state index in [1.807, 2.05) is 0 Å². The molecule has 0 fully saturated rings. The van der Waals surface area contributed by atoms with Gasteiger partial charge >= 0.3 is 18.8 Å². The van der Waals surface area contributed by atoms with Crippen molar-refractivity contribution in [3.8, 4) is 17.4 Å². The third kappa shape index (κ3) is 7.42. The Labute approximate surface area is 195 Å². The molecular weight excluding hydrogens is 481 g/mol. The molecule has 1 amide bonds. The zero-order chi connectivity index (χ0) is 26.3. The van der Waals surface area contributed by atoms with Crippen LogP contribution in [0.15, 0.2) is 60.7 Å². The quantitative estimate of drug-likeness (QED) is 0.278. The van der Waals surface area contributed by atoms with E-state index in [1.165, 1.54) is 37.3 Å². The molecule has 0 radical (unpaired) electrons. The molecule has 0 saturated carbocycles. The third-order valence-corrected chi connectivity index (χ3v) is 4.35. The number of benzene rings is 1. The Kier molecular flexibility index (Phi) is 8.75. The highest BCUT2D eigenvalue weighted by molar-refractivity contribution is 5.98. The van der Waals surface area contributed by atoms with E-state index in [-0.39, 0.29) is 11.5 Å². The smallest absolute Gasteiger partial charge is 0.436 e. The maximum absolute atomic E-state index is 13.6. The highest BCUT2D eigenvalue weighted by Gasteiger charge is 2.42. The van der Waals surface area contributed by atoms with Gasteiger partial charge < -0.3 is 19.9 Å². The van der Waals surface area contributed by atoms with Crippen LogP contribution in [0, 0.1) is 0 Å². The summed E-state index contributed by atoms with van der Waals surface area (Å²) in [5, 5.41) is 14.4. The lowest BCUT2D eigenvalue weighted by Gasteiger charge is -2.16. The second-order valence-electron chi connectivity index (χ2n) is 6.87. The number of aliphatic carboxylic acids is 1. The first-order chi connectivity index (χ1) is 16.3. The standard InChI is InChI=1S/C22H20F5N3O5/c1-4-13(7-5-10-16(31)32)12(2)28-19(33)17-18(22(25,26)27)29-30(3)20(17)34-14-8-6-9-15(11-14)35-21(23)24/h4-12,21H,1H2,2-3H3,(H,28,33)(H,31,32)/b10-5+,13-7+. The lowest BCUT2D eigenvalue weighted by molar-refractivity contribution is -0.141. The Balaban J connectivity index is 2.44. The van der Waals surface area contributed by atoms with E-state index in [9.17, 15) is 31.5 Å². The van der Waals surface area contributed by atoms with Gasteiger partial charge in [-0.2, -0.15) is 27.1 Å². The predicted molar refractivity (Wildman–Crippen MR) is 113 cm³/mol. The lowest BCUT2D eigenvalue weighted by Crippen LogP contribution is -2.34. The molecule has 1 atom stereocenters. The number of nitrogens with one attached hydrogen (secondary N) is 1. The number of allylic oxidation sites excluding steroid dienone is 2. The van der Waals surface area contributed by atoms with Gasteiger partial charge in [-0.1, -0.05) is 30.9 Å². The number of alkyl halides is 5. The van der Waals surface area contributed by atoms with Crippen molar-refractivity contribution < 1.29 is 46.1 Å². The van der Waals surface area contributed by atoms with Crippen LogP contribution in [0.5, 0.6) is 17.4 Å². The van der Waals surface area contributed by atoms with E-state index in [2.05, 4.69) is 21.7 Å². The molecule has 2 rings (SSSR count). The molecule has 35 heavy (non-hydrogen) atoms. The normalized spacial score (nSPS) is 13.1. The first-order valence-corrected chi connectivity index (χ1v) is 9.74. The number of hydrogen-bond acceptors (Lipinski definition) is 5. The van der Waals surface area contributed by atoms with Gasteiger partial charge in [0.05, 0.1) is 6.04 Å². The van der Waals surface area contributed by atoms with Crippen molar-refractivity contribution in [2.75, 3.05) is 0 Å². The number of amides is 1. The average molecular weight is 501 g/mol. The van der Waals surface area contributed by atoms with E-state index < -0.39 is 47.8 Å². The first-order valence-electron chi connectivity index (χ1n) is 9.74. The van der Waals surface area contributed by atoms with Gasteiger partial charge in [0.1, 0.15) is 17.1 Å². The van der Waals surface area contributed by atoms with Crippen LogP contribution in [0.4, 0.5) is 22.0 Å². The van der Waals surface area contributed by atoms with Gasteiger partial charge in [0.2, 0.25) is 5.88 Å². The minimum absolute atomic E-state index is 0.188. The van der Waals surface area contributed by atoms with Gasteiger partial charge in [0.25, 0.3) is 5.91 Å². The molecule has 2 N–H and O–H groups in total. The zero-order valence-electron chi connectivity index (χ0n) is 18.3. The number of nitrogens with zero attached hydrogens (tertiary/aromatic N) is 2. The van der Waals surface area contributed by atoms with Gasteiger partial charge in [-0.25, -0.2) is 9.48 Å². The Hall–Kier alpha value is -4.16. The highest BCUT2D eigenvalue weighted by atomic mass is 19.4. The Morgan fingerprint density at radius 2 is 1.91 bits per heavy atom. The van der Waals surface area contributed by atoms with Crippen LogP contribution in [-0.2, 0) is 18.0 Å². The summed E-state index contributed by atoms with van der Waals surface area (Å²) in [6, 6.07) is 3.82. The molecule has 1 aromatic heterocycles. The molecule has 8 nitrogen and oxygen atoms in total. The molecule has 1 heterocycles. The maximum atomic E-state index is 13.6. The fourth-order valence-corrected chi connectivity index (χ4v) is 2.84. The number of hydrogen-bond donors (Lipinski definition) is 2. The Bertz CT molecular complexity index is 1150. The van der Waals surface area contributed by atoms with Crippen molar-refractivity contribution in [1.29, 1.82) is 0 Å². The Morgan fingerprint density at radius 3 is 2.49 bits per heavy atom. The molecule has 2 aromatic rings. The van der Waals surface area contributed by atoms with E-state index in [1.54, 1.807) is 0 Å². The van der Waals surface area contributed by atoms with Gasteiger partial charge in [0.15, 0.2) is 5.69 Å². The molecule has 0 aliphatic rings. The van der Waals surface area contributed by atoms with Crippen molar-refractivity contribution in [2.24, 2.45) is 7.05 Å². The monoisotopic (exact) mass is 501 g/mol.